The standard InChI is InChI=1S/C16H14N2OS/c1-11-6-2-3-7-12(11)16(19)18-15-10-20-14-9-5-4-8-13(14)17-15/h2-9H,10H2,1H3,(H,17,18,19). The number of carbonyl (C=O) groups is 1. The number of nitrogens with one attached hydrogen (secondary N) is 1. The zero-order chi connectivity index (χ0) is 13.9. The Kier molecular flexibility index (Phi) is 3.56. The van der Waals surface area contributed by atoms with Crippen molar-refractivity contribution in [3.63, 3.8) is 0 Å². The number of nitrogens with zero attached hydrogens (tertiary/aromatic N) is 1. The summed E-state index contributed by atoms with van der Waals surface area (Å²) in [6.07, 6.45) is 0. The Hall–Kier alpha value is -2.07. The zero-order valence-electron chi connectivity index (χ0n) is 11.1. The highest BCUT2D eigenvalue weighted by Crippen LogP contribution is 2.32. The van der Waals surface area contributed by atoms with E-state index in [-0.39, 0.29) is 5.91 Å². The van der Waals surface area contributed by atoms with Crippen molar-refractivity contribution in [3.05, 3.63) is 59.7 Å². The van der Waals surface area contributed by atoms with Gasteiger partial charge in [-0.15, -0.1) is 11.8 Å². The Balaban J connectivity index is 1.81. The van der Waals surface area contributed by atoms with Crippen LogP contribution in [-0.2, 0) is 0 Å². The number of amides is 1. The fourth-order valence-corrected chi connectivity index (χ4v) is 2.95. The molecular weight excluding hydrogens is 268 g/mol. The first-order valence-corrected chi connectivity index (χ1v) is 7.39. The van der Waals surface area contributed by atoms with Gasteiger partial charge in [0.1, 0.15) is 5.84 Å². The van der Waals surface area contributed by atoms with Crippen LogP contribution in [0.3, 0.4) is 0 Å². The highest BCUT2D eigenvalue weighted by Gasteiger charge is 2.15. The molecule has 1 heterocycles. The molecule has 3 rings (SSSR count). The van der Waals surface area contributed by atoms with Gasteiger partial charge in [0.25, 0.3) is 5.91 Å². The summed E-state index contributed by atoms with van der Waals surface area (Å²) in [5.74, 6) is 1.30. The van der Waals surface area contributed by atoms with Crippen molar-refractivity contribution in [3.8, 4) is 0 Å². The van der Waals surface area contributed by atoms with Crippen LogP contribution in [-0.4, -0.2) is 17.5 Å². The Morgan fingerprint density at radius 1 is 1.15 bits per heavy atom. The molecule has 4 heteroatoms. The molecule has 1 N–H and O–H groups in total. The first-order valence-electron chi connectivity index (χ1n) is 6.40. The predicted octanol–water partition coefficient (Wildman–Crippen LogP) is 3.56. The van der Waals surface area contributed by atoms with Crippen LogP contribution >= 0.6 is 11.8 Å². The summed E-state index contributed by atoms with van der Waals surface area (Å²) >= 11 is 1.69. The predicted molar refractivity (Wildman–Crippen MR) is 82.9 cm³/mol. The molecule has 1 amide bonds. The summed E-state index contributed by atoms with van der Waals surface area (Å²) < 4.78 is 0. The molecular formula is C16H14N2OS. The number of aliphatic imine (C=N–C) groups is 1. The van der Waals surface area contributed by atoms with Crippen molar-refractivity contribution in [2.75, 3.05) is 5.75 Å². The number of amidine groups is 1. The second-order valence-corrected chi connectivity index (χ2v) is 5.60. The molecule has 2 aromatic rings. The van der Waals surface area contributed by atoms with Gasteiger partial charge in [0.2, 0.25) is 0 Å². The van der Waals surface area contributed by atoms with Crippen LogP contribution in [0.15, 0.2) is 58.4 Å². The molecule has 0 fully saturated rings. The van der Waals surface area contributed by atoms with Gasteiger partial charge in [0.05, 0.1) is 11.4 Å². The van der Waals surface area contributed by atoms with Crippen LogP contribution in [0.1, 0.15) is 15.9 Å². The summed E-state index contributed by atoms with van der Waals surface area (Å²) in [6, 6.07) is 15.5. The van der Waals surface area contributed by atoms with Gasteiger partial charge >= 0.3 is 0 Å². The molecule has 0 saturated heterocycles. The van der Waals surface area contributed by atoms with Gasteiger partial charge in [0.15, 0.2) is 0 Å². The summed E-state index contributed by atoms with van der Waals surface area (Å²) in [5, 5.41) is 2.91. The van der Waals surface area contributed by atoms with E-state index in [1.165, 1.54) is 0 Å². The summed E-state index contributed by atoms with van der Waals surface area (Å²) in [5.41, 5.74) is 2.58. The molecule has 0 atom stereocenters. The molecule has 1 aliphatic heterocycles. The second kappa shape index (κ2) is 5.51. The van der Waals surface area contributed by atoms with E-state index in [0.29, 0.717) is 17.2 Å². The van der Waals surface area contributed by atoms with Crippen molar-refractivity contribution in [2.45, 2.75) is 11.8 Å². The van der Waals surface area contributed by atoms with Crippen LogP contribution in [0, 0.1) is 6.92 Å². The Labute approximate surface area is 122 Å². The molecule has 0 spiro atoms. The minimum absolute atomic E-state index is 0.0955. The third-order valence-electron chi connectivity index (χ3n) is 3.13. The molecule has 0 aliphatic carbocycles. The monoisotopic (exact) mass is 282 g/mol. The molecule has 0 aromatic heterocycles. The molecule has 0 bridgehead atoms. The highest BCUT2D eigenvalue weighted by atomic mass is 32.2. The van der Waals surface area contributed by atoms with Gasteiger partial charge in [-0.05, 0) is 30.7 Å². The van der Waals surface area contributed by atoms with Gasteiger partial charge in [-0.25, -0.2) is 4.99 Å². The lowest BCUT2D eigenvalue weighted by Gasteiger charge is -2.16. The average Bonchev–Trinajstić information content (AvgIpc) is 2.47. The summed E-state index contributed by atoms with van der Waals surface area (Å²) in [7, 11) is 0. The number of hydrogen-bond acceptors (Lipinski definition) is 3. The third-order valence-corrected chi connectivity index (χ3v) is 4.21. The fraction of sp³-hybridized carbons (Fsp3) is 0.125. The maximum atomic E-state index is 12.2. The minimum atomic E-state index is -0.0955. The molecule has 3 nitrogen and oxygen atoms in total. The molecule has 0 radical (unpaired) electrons. The van der Waals surface area contributed by atoms with E-state index in [0.717, 1.165) is 16.1 Å². The van der Waals surface area contributed by atoms with E-state index in [1.54, 1.807) is 11.8 Å². The van der Waals surface area contributed by atoms with Gasteiger partial charge < -0.3 is 5.32 Å². The zero-order valence-corrected chi connectivity index (χ0v) is 11.9. The van der Waals surface area contributed by atoms with Gasteiger partial charge in [-0.3, -0.25) is 4.79 Å². The fourth-order valence-electron chi connectivity index (χ4n) is 2.09. The van der Waals surface area contributed by atoms with Gasteiger partial charge in [-0.1, -0.05) is 30.3 Å². The number of carbonyl (C=O) groups excluding carboxylic acids is 1. The Bertz CT molecular complexity index is 694. The highest BCUT2D eigenvalue weighted by molar-refractivity contribution is 8.00. The molecule has 0 unspecified atom stereocenters. The van der Waals surface area contributed by atoms with Crippen molar-refractivity contribution >= 4 is 29.2 Å². The van der Waals surface area contributed by atoms with Gasteiger partial charge in [-0.2, -0.15) is 0 Å². The number of aryl methyl sites for hydroxylation is 1. The molecule has 0 saturated carbocycles. The van der Waals surface area contributed by atoms with Crippen molar-refractivity contribution < 1.29 is 4.79 Å². The topological polar surface area (TPSA) is 41.5 Å². The summed E-state index contributed by atoms with van der Waals surface area (Å²) in [6.45, 7) is 1.93. The number of para-hydroxylation sites is 1. The van der Waals surface area contributed by atoms with Crippen molar-refractivity contribution in [2.24, 2.45) is 4.99 Å². The molecule has 20 heavy (non-hydrogen) atoms. The maximum Gasteiger partial charge on any atom is 0.256 e. The van der Waals surface area contributed by atoms with E-state index < -0.39 is 0 Å². The molecule has 2 aromatic carbocycles. The molecule has 100 valence electrons. The lowest BCUT2D eigenvalue weighted by atomic mass is 10.1. The number of fused-ring (bicyclic) bond motifs is 1. The summed E-state index contributed by atoms with van der Waals surface area (Å²) in [4.78, 5) is 17.9. The van der Waals surface area contributed by atoms with E-state index in [2.05, 4.69) is 10.3 Å². The van der Waals surface area contributed by atoms with E-state index in [1.807, 2.05) is 55.5 Å². The number of hydrogen-bond donors (Lipinski definition) is 1. The first-order chi connectivity index (χ1) is 9.74. The first kappa shape index (κ1) is 12.9. The van der Waals surface area contributed by atoms with Gasteiger partial charge in [0, 0.05) is 10.5 Å². The van der Waals surface area contributed by atoms with Crippen LogP contribution < -0.4 is 5.32 Å². The normalized spacial score (nSPS) is 13.3. The molecule has 1 aliphatic rings. The lowest BCUT2D eigenvalue weighted by Crippen LogP contribution is -2.33. The smallest absolute Gasteiger partial charge is 0.256 e. The Morgan fingerprint density at radius 2 is 1.90 bits per heavy atom. The maximum absolute atomic E-state index is 12.2. The van der Waals surface area contributed by atoms with E-state index in [9.17, 15) is 4.79 Å². The average molecular weight is 282 g/mol. The second-order valence-electron chi connectivity index (χ2n) is 4.58. The van der Waals surface area contributed by atoms with Crippen LogP contribution in [0.4, 0.5) is 5.69 Å². The van der Waals surface area contributed by atoms with Crippen molar-refractivity contribution in [1.29, 1.82) is 0 Å². The minimum Gasteiger partial charge on any atom is -0.309 e. The Morgan fingerprint density at radius 3 is 2.75 bits per heavy atom. The third kappa shape index (κ3) is 2.60. The number of thioether (sulfide) groups is 1. The number of benzene rings is 2. The van der Waals surface area contributed by atoms with E-state index in [4.69, 9.17) is 0 Å². The van der Waals surface area contributed by atoms with Crippen LogP contribution in [0.5, 0.6) is 0 Å². The van der Waals surface area contributed by atoms with Crippen LogP contribution in [0.2, 0.25) is 0 Å². The van der Waals surface area contributed by atoms with E-state index >= 15 is 0 Å². The lowest BCUT2D eigenvalue weighted by molar-refractivity contribution is 0.0976. The van der Waals surface area contributed by atoms with Crippen LogP contribution in [0.25, 0.3) is 0 Å². The quantitative estimate of drug-likeness (QED) is 0.869. The van der Waals surface area contributed by atoms with Crippen molar-refractivity contribution in [1.82, 2.24) is 5.32 Å². The number of rotatable bonds is 1. The largest absolute Gasteiger partial charge is 0.309 e. The SMILES string of the molecule is Cc1ccccc1C(=O)NC1=Nc2ccccc2SC1.